The summed E-state index contributed by atoms with van der Waals surface area (Å²) in [6, 6.07) is 12.3. The van der Waals surface area contributed by atoms with Crippen molar-refractivity contribution in [3.63, 3.8) is 0 Å². The minimum atomic E-state index is -3.81. The Bertz CT molecular complexity index is 813. The summed E-state index contributed by atoms with van der Waals surface area (Å²) in [4.78, 5) is 0.174. The Hall–Kier alpha value is -2.05. The van der Waals surface area contributed by atoms with E-state index >= 15 is 0 Å². The van der Waals surface area contributed by atoms with E-state index in [0.717, 1.165) is 5.56 Å². The van der Waals surface area contributed by atoms with Crippen molar-refractivity contribution in [3.05, 3.63) is 53.6 Å². The second kappa shape index (κ2) is 6.22. The summed E-state index contributed by atoms with van der Waals surface area (Å²) in [7, 11) is -3.81. The molecular formula is C17H18O5S. The van der Waals surface area contributed by atoms with Gasteiger partial charge in [0.2, 0.25) is 0 Å². The number of rotatable bonds is 4. The number of hydrogen-bond acceptors (Lipinski definition) is 5. The summed E-state index contributed by atoms with van der Waals surface area (Å²) >= 11 is 0. The highest BCUT2D eigenvalue weighted by Gasteiger charge is 2.25. The lowest BCUT2D eigenvalue weighted by atomic mass is 10.2. The van der Waals surface area contributed by atoms with E-state index in [4.69, 9.17) is 13.7 Å². The summed E-state index contributed by atoms with van der Waals surface area (Å²) in [5.41, 5.74) is 1.72. The molecule has 1 heterocycles. The summed E-state index contributed by atoms with van der Waals surface area (Å²) in [5.74, 6) is 1.27. The van der Waals surface area contributed by atoms with Gasteiger partial charge >= 0.3 is 0 Å². The summed E-state index contributed by atoms with van der Waals surface area (Å²) in [5, 5.41) is 0. The molecule has 5 nitrogen and oxygen atoms in total. The molecular weight excluding hydrogens is 316 g/mol. The first-order valence-corrected chi connectivity index (χ1v) is 8.72. The Labute approximate surface area is 135 Å². The van der Waals surface area contributed by atoms with Crippen LogP contribution < -0.4 is 9.47 Å². The molecule has 0 aromatic heterocycles. The lowest BCUT2D eigenvalue weighted by Gasteiger charge is -2.26. The fourth-order valence-corrected chi connectivity index (χ4v) is 3.54. The predicted octanol–water partition coefficient (Wildman–Crippen LogP) is 2.85. The maximum Gasteiger partial charge on any atom is 0.297 e. The third-order valence-electron chi connectivity index (χ3n) is 3.59. The smallest absolute Gasteiger partial charge is 0.297 e. The molecule has 0 bridgehead atoms. The van der Waals surface area contributed by atoms with Crippen LogP contribution in [0.25, 0.3) is 0 Å². The van der Waals surface area contributed by atoms with Crippen LogP contribution in [0.1, 0.15) is 11.1 Å². The second-order valence-corrected chi connectivity index (χ2v) is 7.09. The van der Waals surface area contributed by atoms with Gasteiger partial charge < -0.3 is 9.47 Å². The van der Waals surface area contributed by atoms with Gasteiger partial charge in [-0.1, -0.05) is 24.3 Å². The van der Waals surface area contributed by atoms with E-state index in [-0.39, 0.29) is 18.1 Å². The van der Waals surface area contributed by atoms with E-state index in [2.05, 4.69) is 0 Å². The first-order chi connectivity index (χ1) is 11.0. The largest absolute Gasteiger partial charge is 0.486 e. The molecule has 0 fully saturated rings. The molecule has 0 saturated heterocycles. The number of fused-ring (bicyclic) bond motifs is 1. The monoisotopic (exact) mass is 334 g/mol. The molecule has 3 rings (SSSR count). The van der Waals surface area contributed by atoms with Crippen molar-refractivity contribution in [2.24, 2.45) is 0 Å². The highest BCUT2D eigenvalue weighted by atomic mass is 32.2. The van der Waals surface area contributed by atoms with Crippen molar-refractivity contribution in [1.82, 2.24) is 0 Å². The molecule has 0 radical (unpaired) electrons. The lowest BCUT2D eigenvalue weighted by Crippen LogP contribution is -2.34. The fraction of sp³-hybridized carbons (Fsp3) is 0.294. The third kappa shape index (κ3) is 3.48. The SMILES string of the molecule is Cc1ccc2c(c1)OCC(COS(=O)(=O)c1ccccc1C)O2. The van der Waals surface area contributed by atoms with Crippen molar-refractivity contribution in [3.8, 4) is 11.5 Å². The van der Waals surface area contributed by atoms with Crippen LogP contribution in [0.5, 0.6) is 11.5 Å². The maximum atomic E-state index is 12.3. The molecule has 0 aliphatic carbocycles. The van der Waals surface area contributed by atoms with Crippen LogP contribution in [0.3, 0.4) is 0 Å². The molecule has 122 valence electrons. The van der Waals surface area contributed by atoms with Crippen molar-refractivity contribution in [1.29, 1.82) is 0 Å². The second-order valence-electron chi connectivity index (χ2n) is 5.51. The molecule has 1 atom stereocenters. The van der Waals surface area contributed by atoms with Gasteiger partial charge in [0.25, 0.3) is 10.1 Å². The zero-order valence-electron chi connectivity index (χ0n) is 13.0. The molecule has 2 aromatic rings. The van der Waals surface area contributed by atoms with E-state index in [1.807, 2.05) is 25.1 Å². The van der Waals surface area contributed by atoms with Gasteiger partial charge in [0.15, 0.2) is 17.6 Å². The van der Waals surface area contributed by atoms with Gasteiger partial charge in [-0.3, -0.25) is 4.18 Å². The van der Waals surface area contributed by atoms with E-state index in [1.165, 1.54) is 6.07 Å². The molecule has 2 aromatic carbocycles. The Morgan fingerprint density at radius 1 is 1.13 bits per heavy atom. The van der Waals surface area contributed by atoms with Gasteiger partial charge in [-0.2, -0.15) is 8.42 Å². The zero-order valence-corrected chi connectivity index (χ0v) is 13.8. The van der Waals surface area contributed by atoms with Gasteiger partial charge in [-0.25, -0.2) is 0 Å². The van der Waals surface area contributed by atoms with Crippen LogP contribution in [0.4, 0.5) is 0 Å². The molecule has 1 aliphatic heterocycles. The molecule has 1 aliphatic rings. The number of benzene rings is 2. The van der Waals surface area contributed by atoms with Gasteiger partial charge in [0, 0.05) is 0 Å². The molecule has 1 unspecified atom stereocenters. The Morgan fingerprint density at radius 3 is 2.70 bits per heavy atom. The Kier molecular flexibility index (Phi) is 4.28. The normalized spacial score (nSPS) is 17.0. The number of ether oxygens (including phenoxy) is 2. The van der Waals surface area contributed by atoms with E-state index in [1.54, 1.807) is 25.1 Å². The first-order valence-electron chi connectivity index (χ1n) is 7.31. The molecule has 0 N–H and O–H groups in total. The van der Waals surface area contributed by atoms with Crippen molar-refractivity contribution < 1.29 is 22.1 Å². The summed E-state index contributed by atoms with van der Waals surface area (Å²) in [6.45, 7) is 3.85. The molecule has 23 heavy (non-hydrogen) atoms. The summed E-state index contributed by atoms with van der Waals surface area (Å²) < 4.78 is 41.0. The third-order valence-corrected chi connectivity index (χ3v) is 5.03. The van der Waals surface area contributed by atoms with Crippen LogP contribution in [0, 0.1) is 13.8 Å². The quantitative estimate of drug-likeness (QED) is 0.805. The minimum Gasteiger partial charge on any atom is -0.486 e. The summed E-state index contributed by atoms with van der Waals surface area (Å²) in [6.07, 6.45) is -0.469. The van der Waals surface area contributed by atoms with E-state index in [0.29, 0.717) is 17.1 Å². The van der Waals surface area contributed by atoms with Crippen LogP contribution >= 0.6 is 0 Å². The van der Waals surface area contributed by atoms with Crippen LogP contribution in [-0.4, -0.2) is 27.7 Å². The van der Waals surface area contributed by atoms with E-state index < -0.39 is 16.2 Å². The topological polar surface area (TPSA) is 61.8 Å². The van der Waals surface area contributed by atoms with Crippen LogP contribution in [-0.2, 0) is 14.3 Å². The molecule has 0 saturated carbocycles. The zero-order chi connectivity index (χ0) is 16.4. The predicted molar refractivity (Wildman–Crippen MR) is 85.4 cm³/mol. The Morgan fingerprint density at radius 2 is 1.91 bits per heavy atom. The highest BCUT2D eigenvalue weighted by Crippen LogP contribution is 2.32. The maximum absolute atomic E-state index is 12.3. The van der Waals surface area contributed by atoms with Crippen molar-refractivity contribution in [2.45, 2.75) is 24.8 Å². The molecule has 6 heteroatoms. The minimum absolute atomic E-state index is 0.0933. The van der Waals surface area contributed by atoms with E-state index in [9.17, 15) is 8.42 Å². The molecule has 0 spiro atoms. The average Bonchev–Trinajstić information content (AvgIpc) is 2.53. The Balaban J connectivity index is 1.68. The fourth-order valence-electron chi connectivity index (χ4n) is 2.37. The first kappa shape index (κ1) is 15.8. The van der Waals surface area contributed by atoms with Gasteiger partial charge in [-0.05, 0) is 43.2 Å². The lowest BCUT2D eigenvalue weighted by molar-refractivity contribution is 0.0554. The van der Waals surface area contributed by atoms with Crippen molar-refractivity contribution >= 4 is 10.1 Å². The number of aryl methyl sites for hydroxylation is 2. The van der Waals surface area contributed by atoms with Crippen LogP contribution in [0.2, 0.25) is 0 Å². The molecule has 0 amide bonds. The van der Waals surface area contributed by atoms with Gasteiger partial charge in [-0.15, -0.1) is 0 Å². The van der Waals surface area contributed by atoms with Crippen molar-refractivity contribution in [2.75, 3.05) is 13.2 Å². The highest BCUT2D eigenvalue weighted by molar-refractivity contribution is 7.86. The van der Waals surface area contributed by atoms with Gasteiger partial charge in [0.1, 0.15) is 13.2 Å². The van der Waals surface area contributed by atoms with Gasteiger partial charge in [0.05, 0.1) is 4.90 Å². The average molecular weight is 334 g/mol. The van der Waals surface area contributed by atoms with Crippen LogP contribution in [0.15, 0.2) is 47.4 Å². The number of hydrogen-bond donors (Lipinski definition) is 0. The standard InChI is InChI=1S/C17H18O5S/c1-12-7-8-15-16(9-12)20-10-14(22-15)11-21-23(18,19)17-6-4-3-5-13(17)2/h3-9,14H,10-11H2,1-2H3.